The van der Waals surface area contributed by atoms with E-state index in [1.54, 1.807) is 0 Å². The van der Waals surface area contributed by atoms with Crippen LogP contribution in [0.5, 0.6) is 0 Å². The molecule has 0 aromatic heterocycles. The van der Waals surface area contributed by atoms with Crippen molar-refractivity contribution >= 4 is 0 Å². The molecule has 0 bridgehead atoms. The summed E-state index contributed by atoms with van der Waals surface area (Å²) in [4.78, 5) is 2.15. The molecule has 8 nitrogen and oxygen atoms in total. The molecule has 3 saturated heterocycles. The Morgan fingerprint density at radius 2 is 1.87 bits per heavy atom. The minimum atomic E-state index is -1.05. The topological polar surface area (TPSA) is 106 Å². The summed E-state index contributed by atoms with van der Waals surface area (Å²) < 4.78 is 11.9. The van der Waals surface area contributed by atoms with E-state index in [1.807, 2.05) is 6.92 Å². The van der Waals surface area contributed by atoms with Crippen LogP contribution >= 0.6 is 0 Å². The standard InChI is InChI=1S/C22H39N3O5/c1-2-29-10-16-15-7-8-25(21(15)24-11-23-16)22-19(28)18(27)20(30-22)17(26)14-6-4-12-3-5-13(12)9-14/h12-24,26-28H,2-11H2,1H3/t12?,13?,14?,15?,16?,17-,18+,19-,20-,21?,22-/m1/s1. The fourth-order valence-electron chi connectivity index (χ4n) is 6.77. The number of hydrogen-bond donors (Lipinski definition) is 5. The predicted molar refractivity (Wildman–Crippen MR) is 110 cm³/mol. The second kappa shape index (κ2) is 8.90. The van der Waals surface area contributed by atoms with Crippen molar-refractivity contribution in [3.05, 3.63) is 0 Å². The van der Waals surface area contributed by atoms with Gasteiger partial charge in [-0.1, -0.05) is 0 Å². The smallest absolute Gasteiger partial charge is 0.141 e. The molecule has 3 heterocycles. The van der Waals surface area contributed by atoms with Gasteiger partial charge in [-0.25, -0.2) is 0 Å². The molecule has 2 saturated carbocycles. The highest BCUT2D eigenvalue weighted by molar-refractivity contribution is 5.03. The molecular formula is C22H39N3O5. The van der Waals surface area contributed by atoms with Gasteiger partial charge in [-0.15, -0.1) is 0 Å². The Hall–Kier alpha value is -0.320. The molecule has 5 fully saturated rings. The van der Waals surface area contributed by atoms with Crippen LogP contribution in [0.15, 0.2) is 0 Å². The van der Waals surface area contributed by atoms with Gasteiger partial charge in [-0.3, -0.25) is 15.5 Å². The lowest BCUT2D eigenvalue weighted by atomic mass is 9.61. The van der Waals surface area contributed by atoms with Crippen LogP contribution in [0.4, 0.5) is 0 Å². The van der Waals surface area contributed by atoms with Crippen LogP contribution in [0, 0.1) is 23.7 Å². The lowest BCUT2D eigenvalue weighted by molar-refractivity contribution is -0.142. The lowest BCUT2D eigenvalue weighted by Gasteiger charge is -2.45. The summed E-state index contributed by atoms with van der Waals surface area (Å²) in [6, 6.07) is 0.267. The maximum Gasteiger partial charge on any atom is 0.141 e. The molecule has 30 heavy (non-hydrogen) atoms. The second-order valence-electron chi connectivity index (χ2n) is 10.1. The van der Waals surface area contributed by atoms with Gasteiger partial charge in [-0.2, -0.15) is 0 Å². The maximum absolute atomic E-state index is 11.1. The van der Waals surface area contributed by atoms with Crippen molar-refractivity contribution in [2.24, 2.45) is 23.7 Å². The molecule has 0 aromatic rings. The molecular weight excluding hydrogens is 386 g/mol. The van der Waals surface area contributed by atoms with E-state index in [1.165, 1.54) is 19.3 Å². The molecule has 11 atom stereocenters. The fraction of sp³-hybridized carbons (Fsp3) is 1.00. The first-order valence-electron chi connectivity index (χ1n) is 12.1. The van der Waals surface area contributed by atoms with E-state index in [-0.39, 0.29) is 18.1 Å². The van der Waals surface area contributed by atoms with Gasteiger partial charge in [-0.05, 0) is 63.2 Å². The highest BCUT2D eigenvalue weighted by Crippen LogP contribution is 2.48. The zero-order valence-corrected chi connectivity index (χ0v) is 18.0. The Morgan fingerprint density at radius 3 is 2.60 bits per heavy atom. The number of aliphatic hydroxyl groups is 3. The van der Waals surface area contributed by atoms with Crippen molar-refractivity contribution in [1.29, 1.82) is 0 Å². The van der Waals surface area contributed by atoms with E-state index in [0.717, 1.165) is 37.6 Å². The van der Waals surface area contributed by atoms with Crippen molar-refractivity contribution in [1.82, 2.24) is 15.5 Å². The number of rotatable bonds is 6. The first-order chi connectivity index (χ1) is 14.6. The van der Waals surface area contributed by atoms with Crippen LogP contribution in [0.2, 0.25) is 0 Å². The van der Waals surface area contributed by atoms with Crippen LogP contribution in [-0.4, -0.2) is 89.5 Å². The summed E-state index contributed by atoms with van der Waals surface area (Å²) >= 11 is 0. The number of aliphatic hydroxyl groups excluding tert-OH is 3. The summed E-state index contributed by atoms with van der Waals surface area (Å²) in [7, 11) is 0. The molecule has 6 unspecified atom stereocenters. The molecule has 5 aliphatic rings. The third kappa shape index (κ3) is 3.73. The highest BCUT2D eigenvalue weighted by Gasteiger charge is 2.54. The molecule has 2 aliphatic carbocycles. The second-order valence-corrected chi connectivity index (χ2v) is 10.1. The van der Waals surface area contributed by atoms with Gasteiger partial charge in [0.2, 0.25) is 0 Å². The third-order valence-corrected chi connectivity index (χ3v) is 8.69. The van der Waals surface area contributed by atoms with Crippen LogP contribution in [0.25, 0.3) is 0 Å². The number of likely N-dealkylation sites (tertiary alicyclic amines) is 1. The van der Waals surface area contributed by atoms with Crippen LogP contribution in [0.3, 0.4) is 0 Å². The largest absolute Gasteiger partial charge is 0.390 e. The van der Waals surface area contributed by atoms with Crippen molar-refractivity contribution in [3.63, 3.8) is 0 Å². The zero-order valence-electron chi connectivity index (χ0n) is 18.0. The van der Waals surface area contributed by atoms with Crippen molar-refractivity contribution in [2.75, 3.05) is 26.4 Å². The Labute approximate surface area is 179 Å². The van der Waals surface area contributed by atoms with E-state index in [0.29, 0.717) is 25.8 Å². The van der Waals surface area contributed by atoms with E-state index in [4.69, 9.17) is 9.47 Å². The van der Waals surface area contributed by atoms with E-state index in [2.05, 4.69) is 15.5 Å². The van der Waals surface area contributed by atoms with Gasteiger partial charge in [0.15, 0.2) is 0 Å². The van der Waals surface area contributed by atoms with Crippen molar-refractivity contribution < 1.29 is 24.8 Å². The van der Waals surface area contributed by atoms with E-state index in [9.17, 15) is 15.3 Å². The Bertz CT molecular complexity index is 597. The minimum Gasteiger partial charge on any atom is -0.390 e. The Morgan fingerprint density at radius 1 is 1.07 bits per heavy atom. The molecule has 0 spiro atoms. The van der Waals surface area contributed by atoms with Gasteiger partial charge in [0, 0.05) is 31.8 Å². The van der Waals surface area contributed by atoms with Crippen LogP contribution in [0.1, 0.15) is 45.4 Å². The molecule has 8 heteroatoms. The van der Waals surface area contributed by atoms with Gasteiger partial charge in [0.25, 0.3) is 0 Å². The molecule has 5 rings (SSSR count). The average Bonchev–Trinajstić information content (AvgIpc) is 3.29. The number of nitrogens with zero attached hydrogens (tertiary/aromatic N) is 1. The van der Waals surface area contributed by atoms with Crippen molar-refractivity contribution in [3.8, 4) is 0 Å². The minimum absolute atomic E-state index is 0.0739. The fourth-order valence-corrected chi connectivity index (χ4v) is 6.77. The molecule has 0 aromatic carbocycles. The van der Waals surface area contributed by atoms with Crippen LogP contribution < -0.4 is 10.6 Å². The summed E-state index contributed by atoms with van der Waals surface area (Å²) in [5.74, 6) is 2.10. The van der Waals surface area contributed by atoms with E-state index < -0.39 is 30.6 Å². The Balaban J connectivity index is 1.23. The van der Waals surface area contributed by atoms with Gasteiger partial charge < -0.3 is 24.8 Å². The lowest BCUT2D eigenvalue weighted by Crippen LogP contribution is -2.63. The van der Waals surface area contributed by atoms with Gasteiger partial charge in [0.1, 0.15) is 24.5 Å². The van der Waals surface area contributed by atoms with E-state index >= 15 is 0 Å². The Kier molecular flexibility index (Phi) is 6.39. The monoisotopic (exact) mass is 425 g/mol. The predicted octanol–water partition coefficient (Wildman–Crippen LogP) is -0.176. The highest BCUT2D eigenvalue weighted by atomic mass is 16.6. The maximum atomic E-state index is 11.1. The quantitative estimate of drug-likeness (QED) is 0.399. The third-order valence-electron chi connectivity index (χ3n) is 8.69. The first-order valence-corrected chi connectivity index (χ1v) is 12.1. The molecule has 3 aliphatic heterocycles. The molecule has 172 valence electrons. The molecule has 0 radical (unpaired) electrons. The summed E-state index contributed by atoms with van der Waals surface area (Å²) in [6.07, 6.45) is 2.77. The first kappa shape index (κ1) is 21.5. The number of fused-ring (bicyclic) bond motifs is 2. The van der Waals surface area contributed by atoms with Crippen LogP contribution in [-0.2, 0) is 9.47 Å². The number of hydrogen-bond acceptors (Lipinski definition) is 8. The zero-order chi connectivity index (χ0) is 20.8. The summed E-state index contributed by atoms with van der Waals surface area (Å²) in [5.41, 5.74) is 0. The number of nitrogens with one attached hydrogen (secondary N) is 2. The molecule has 0 amide bonds. The summed E-state index contributed by atoms with van der Waals surface area (Å²) in [5, 5.41) is 39.7. The molecule has 5 N–H and O–H groups in total. The summed E-state index contributed by atoms with van der Waals surface area (Å²) in [6.45, 7) is 4.85. The number of ether oxygens (including phenoxy) is 2. The van der Waals surface area contributed by atoms with Gasteiger partial charge >= 0.3 is 0 Å². The van der Waals surface area contributed by atoms with Crippen molar-refractivity contribution in [2.45, 2.75) is 88.3 Å². The average molecular weight is 426 g/mol. The SMILES string of the molecule is CCOCC1NCNC2C1CCN2[C@@H]1O[C@H]([C@H](O)C2CCC3CCC3C2)[C@@H](O)[C@H]1O. The normalized spacial score (nSPS) is 50.0. The van der Waals surface area contributed by atoms with Gasteiger partial charge in [0.05, 0.1) is 18.9 Å².